The Morgan fingerprint density at radius 1 is 1.59 bits per heavy atom. The molecular formula is C11H11N3O3. The number of rotatable bonds is 3. The van der Waals surface area contributed by atoms with Crippen molar-refractivity contribution < 1.29 is 14.6 Å². The fraction of sp³-hybridized carbons (Fsp3) is 0.364. The van der Waals surface area contributed by atoms with E-state index in [1.54, 1.807) is 12.4 Å². The van der Waals surface area contributed by atoms with Gasteiger partial charge in [-0.2, -0.15) is 0 Å². The van der Waals surface area contributed by atoms with Crippen molar-refractivity contribution in [1.82, 2.24) is 14.5 Å². The molecule has 1 atom stereocenters. The highest BCUT2D eigenvalue weighted by Crippen LogP contribution is 2.18. The molecule has 0 amide bonds. The van der Waals surface area contributed by atoms with Crippen molar-refractivity contribution in [3.8, 4) is 0 Å². The number of imidazole rings is 1. The molecule has 1 aliphatic rings. The average Bonchev–Trinajstić information content (AvgIpc) is 2.65. The standard InChI is InChI=1S/C11H11N3O3/c15-11(16)7-3-9-10(12-4-7)13-6-14(9)5-8-1-2-17-8/h3-4,6,8H,1-2,5H2,(H,15,16)/t8-/m0/s1. The van der Waals surface area contributed by atoms with Crippen molar-refractivity contribution in [1.29, 1.82) is 0 Å². The van der Waals surface area contributed by atoms with Crippen LogP contribution in [0.3, 0.4) is 0 Å². The summed E-state index contributed by atoms with van der Waals surface area (Å²) in [4.78, 5) is 19.0. The summed E-state index contributed by atoms with van der Waals surface area (Å²) in [6.45, 7) is 1.50. The quantitative estimate of drug-likeness (QED) is 0.852. The predicted molar refractivity (Wildman–Crippen MR) is 58.8 cm³/mol. The number of carbonyl (C=O) groups is 1. The second-order valence-electron chi connectivity index (χ2n) is 4.05. The zero-order valence-corrected chi connectivity index (χ0v) is 9.04. The third kappa shape index (κ3) is 1.76. The maximum Gasteiger partial charge on any atom is 0.337 e. The second-order valence-corrected chi connectivity index (χ2v) is 4.05. The van der Waals surface area contributed by atoms with Crippen LogP contribution in [0, 0.1) is 0 Å². The third-order valence-electron chi connectivity index (χ3n) is 2.92. The lowest BCUT2D eigenvalue weighted by atomic mass is 10.2. The molecule has 0 aliphatic carbocycles. The van der Waals surface area contributed by atoms with Crippen molar-refractivity contribution in [2.75, 3.05) is 6.61 Å². The molecule has 17 heavy (non-hydrogen) atoms. The van der Waals surface area contributed by atoms with E-state index in [0.717, 1.165) is 18.5 Å². The lowest BCUT2D eigenvalue weighted by molar-refractivity contribution is -0.0586. The molecule has 6 heteroatoms. The van der Waals surface area contributed by atoms with E-state index in [1.165, 1.54) is 6.20 Å². The maximum absolute atomic E-state index is 10.9. The third-order valence-corrected chi connectivity index (χ3v) is 2.92. The van der Waals surface area contributed by atoms with Gasteiger partial charge >= 0.3 is 5.97 Å². The first-order valence-electron chi connectivity index (χ1n) is 5.40. The minimum Gasteiger partial charge on any atom is -0.478 e. The van der Waals surface area contributed by atoms with Gasteiger partial charge in [-0.3, -0.25) is 0 Å². The number of nitrogens with zero attached hydrogens (tertiary/aromatic N) is 3. The highest BCUT2D eigenvalue weighted by Gasteiger charge is 2.19. The van der Waals surface area contributed by atoms with Gasteiger partial charge in [0.1, 0.15) is 0 Å². The molecule has 0 unspecified atom stereocenters. The Hall–Kier alpha value is -1.95. The smallest absolute Gasteiger partial charge is 0.337 e. The summed E-state index contributed by atoms with van der Waals surface area (Å²) in [7, 11) is 0. The Labute approximate surface area is 96.9 Å². The van der Waals surface area contributed by atoms with E-state index in [0.29, 0.717) is 12.2 Å². The molecule has 3 heterocycles. The van der Waals surface area contributed by atoms with Crippen LogP contribution >= 0.6 is 0 Å². The van der Waals surface area contributed by atoms with E-state index in [9.17, 15) is 4.79 Å². The fourth-order valence-corrected chi connectivity index (χ4v) is 1.85. The van der Waals surface area contributed by atoms with Crippen LogP contribution in [0.15, 0.2) is 18.6 Å². The van der Waals surface area contributed by atoms with Gasteiger partial charge in [-0.05, 0) is 12.5 Å². The number of aromatic nitrogens is 3. The average molecular weight is 233 g/mol. The van der Waals surface area contributed by atoms with Crippen LogP contribution in [-0.4, -0.2) is 38.3 Å². The second kappa shape index (κ2) is 3.81. The molecule has 0 spiro atoms. The highest BCUT2D eigenvalue weighted by molar-refractivity contribution is 5.90. The first-order chi connectivity index (χ1) is 8.24. The van der Waals surface area contributed by atoms with Gasteiger partial charge in [-0.25, -0.2) is 14.8 Å². The zero-order chi connectivity index (χ0) is 11.8. The van der Waals surface area contributed by atoms with Crippen LogP contribution in [0.5, 0.6) is 0 Å². The van der Waals surface area contributed by atoms with Gasteiger partial charge < -0.3 is 14.4 Å². The van der Waals surface area contributed by atoms with Gasteiger partial charge in [0.2, 0.25) is 0 Å². The summed E-state index contributed by atoms with van der Waals surface area (Å²) in [5, 5.41) is 8.92. The lowest BCUT2D eigenvalue weighted by Crippen LogP contribution is -2.30. The highest BCUT2D eigenvalue weighted by atomic mass is 16.5. The number of hydrogen-bond acceptors (Lipinski definition) is 4. The number of carboxylic acids is 1. The van der Waals surface area contributed by atoms with Crippen LogP contribution < -0.4 is 0 Å². The predicted octanol–water partition coefficient (Wildman–Crippen LogP) is 0.918. The summed E-state index contributed by atoms with van der Waals surface area (Å²) < 4.78 is 7.23. The molecule has 88 valence electrons. The molecule has 2 aromatic heterocycles. The summed E-state index contributed by atoms with van der Waals surface area (Å²) in [5.41, 5.74) is 1.48. The topological polar surface area (TPSA) is 77.2 Å². The molecule has 1 N–H and O–H groups in total. The SMILES string of the molecule is O=C(O)c1cnc2ncn(C[C@@H]3CCO3)c2c1. The minimum atomic E-state index is -0.980. The molecule has 3 rings (SSSR count). The fourth-order valence-electron chi connectivity index (χ4n) is 1.85. The molecule has 0 aromatic carbocycles. The van der Waals surface area contributed by atoms with Gasteiger partial charge in [-0.1, -0.05) is 0 Å². The van der Waals surface area contributed by atoms with E-state index in [1.807, 2.05) is 4.57 Å². The number of ether oxygens (including phenoxy) is 1. The normalized spacial score (nSPS) is 19.2. The van der Waals surface area contributed by atoms with Crippen molar-refractivity contribution in [3.05, 3.63) is 24.2 Å². The molecule has 6 nitrogen and oxygen atoms in total. The largest absolute Gasteiger partial charge is 0.478 e. The van der Waals surface area contributed by atoms with Crippen LogP contribution in [0.1, 0.15) is 16.8 Å². The summed E-state index contributed by atoms with van der Waals surface area (Å²) in [5.74, 6) is -0.980. The Morgan fingerprint density at radius 2 is 2.41 bits per heavy atom. The van der Waals surface area contributed by atoms with Crippen LogP contribution in [-0.2, 0) is 11.3 Å². The summed E-state index contributed by atoms with van der Waals surface area (Å²) in [6, 6.07) is 1.59. The number of fused-ring (bicyclic) bond motifs is 1. The molecule has 1 fully saturated rings. The Morgan fingerprint density at radius 3 is 3.06 bits per heavy atom. The summed E-state index contributed by atoms with van der Waals surface area (Å²) >= 11 is 0. The van der Waals surface area contributed by atoms with E-state index in [2.05, 4.69) is 9.97 Å². The van der Waals surface area contributed by atoms with Gasteiger partial charge in [0, 0.05) is 12.8 Å². The van der Waals surface area contributed by atoms with Crippen LogP contribution in [0.4, 0.5) is 0 Å². The van der Waals surface area contributed by atoms with Gasteiger partial charge in [0.15, 0.2) is 5.65 Å². The number of hydrogen-bond donors (Lipinski definition) is 1. The van der Waals surface area contributed by atoms with Crippen LogP contribution in [0.25, 0.3) is 11.2 Å². The molecule has 0 radical (unpaired) electrons. The van der Waals surface area contributed by atoms with Crippen molar-refractivity contribution in [2.24, 2.45) is 0 Å². The molecule has 1 aliphatic heterocycles. The molecular weight excluding hydrogens is 222 g/mol. The molecule has 0 saturated carbocycles. The Kier molecular flexibility index (Phi) is 2.29. The lowest BCUT2D eigenvalue weighted by Gasteiger charge is -2.26. The molecule has 1 saturated heterocycles. The minimum absolute atomic E-state index is 0.175. The first kappa shape index (κ1) is 10.2. The monoisotopic (exact) mass is 233 g/mol. The zero-order valence-electron chi connectivity index (χ0n) is 9.04. The van der Waals surface area contributed by atoms with E-state index in [-0.39, 0.29) is 11.7 Å². The first-order valence-corrected chi connectivity index (χ1v) is 5.40. The number of pyridine rings is 1. The van der Waals surface area contributed by atoms with Crippen molar-refractivity contribution in [3.63, 3.8) is 0 Å². The van der Waals surface area contributed by atoms with Gasteiger partial charge in [0.25, 0.3) is 0 Å². The van der Waals surface area contributed by atoms with E-state index in [4.69, 9.17) is 9.84 Å². The van der Waals surface area contributed by atoms with Crippen molar-refractivity contribution >= 4 is 17.1 Å². The van der Waals surface area contributed by atoms with Gasteiger partial charge in [-0.15, -0.1) is 0 Å². The van der Waals surface area contributed by atoms with E-state index >= 15 is 0 Å². The molecule has 0 bridgehead atoms. The van der Waals surface area contributed by atoms with Crippen molar-refractivity contribution in [2.45, 2.75) is 19.1 Å². The molecule has 2 aromatic rings. The Balaban J connectivity index is 1.99. The number of carboxylic acid groups (broad SMARTS) is 1. The van der Waals surface area contributed by atoms with E-state index < -0.39 is 5.97 Å². The maximum atomic E-state index is 10.9. The van der Waals surface area contributed by atoms with Crippen LogP contribution in [0.2, 0.25) is 0 Å². The van der Waals surface area contributed by atoms with Gasteiger partial charge in [0.05, 0.1) is 30.1 Å². The Bertz CT molecular complexity index is 574. The summed E-state index contributed by atoms with van der Waals surface area (Å²) in [6.07, 6.45) is 4.24. The number of aromatic carboxylic acids is 1.